The Kier molecular flexibility index (Phi) is 2.39. The lowest BCUT2D eigenvalue weighted by atomic mass is 10.1. The molecule has 3 heteroatoms. The van der Waals surface area contributed by atoms with Gasteiger partial charge in [-0.1, -0.05) is 18.9 Å². The fourth-order valence-corrected chi connectivity index (χ4v) is 2.78. The molecule has 0 bridgehead atoms. The third kappa shape index (κ3) is 1.71. The maximum Gasteiger partial charge on any atom is 0.335 e. The molecule has 0 spiro atoms. The smallest absolute Gasteiger partial charge is 0.335 e. The summed E-state index contributed by atoms with van der Waals surface area (Å²) in [6.07, 6.45) is 7.07. The lowest BCUT2D eigenvalue weighted by Crippen LogP contribution is -2.03. The standard InChI is InChI=1S/C14H15NO2/c16-14(17)11-6-5-10-7-8-15(13(10)9-11)12-3-1-2-4-12/h5-9,12H,1-4H2,(H,16,17). The van der Waals surface area contributed by atoms with Crippen LogP contribution in [0.25, 0.3) is 10.9 Å². The summed E-state index contributed by atoms with van der Waals surface area (Å²) in [4.78, 5) is 11.0. The number of carboxylic acids is 1. The molecule has 88 valence electrons. The first-order valence-corrected chi connectivity index (χ1v) is 6.09. The van der Waals surface area contributed by atoms with E-state index in [1.165, 1.54) is 25.7 Å². The molecule has 1 saturated carbocycles. The average molecular weight is 229 g/mol. The number of aromatic carboxylic acids is 1. The second-order valence-electron chi connectivity index (χ2n) is 4.74. The fourth-order valence-electron chi connectivity index (χ4n) is 2.78. The lowest BCUT2D eigenvalue weighted by molar-refractivity contribution is 0.0697. The molecule has 1 aliphatic carbocycles. The third-order valence-electron chi connectivity index (χ3n) is 3.69. The molecule has 0 unspecified atom stereocenters. The highest BCUT2D eigenvalue weighted by Gasteiger charge is 2.18. The van der Waals surface area contributed by atoms with Crippen molar-refractivity contribution in [3.8, 4) is 0 Å². The van der Waals surface area contributed by atoms with Crippen molar-refractivity contribution in [2.45, 2.75) is 31.7 Å². The second kappa shape index (κ2) is 3.91. The first-order valence-electron chi connectivity index (χ1n) is 6.09. The van der Waals surface area contributed by atoms with E-state index in [0.29, 0.717) is 11.6 Å². The molecule has 1 N–H and O–H groups in total. The monoisotopic (exact) mass is 229 g/mol. The number of aromatic nitrogens is 1. The van der Waals surface area contributed by atoms with Crippen molar-refractivity contribution in [3.63, 3.8) is 0 Å². The minimum atomic E-state index is -0.855. The maximum atomic E-state index is 11.0. The zero-order valence-corrected chi connectivity index (χ0v) is 9.60. The molecule has 17 heavy (non-hydrogen) atoms. The molecule has 1 heterocycles. The molecular formula is C14H15NO2. The van der Waals surface area contributed by atoms with Crippen molar-refractivity contribution in [3.05, 3.63) is 36.0 Å². The van der Waals surface area contributed by atoms with Gasteiger partial charge in [0.15, 0.2) is 0 Å². The van der Waals surface area contributed by atoms with Crippen LogP contribution in [0.2, 0.25) is 0 Å². The third-order valence-corrected chi connectivity index (χ3v) is 3.69. The Morgan fingerprint density at radius 3 is 2.71 bits per heavy atom. The minimum absolute atomic E-state index is 0.371. The number of fused-ring (bicyclic) bond motifs is 1. The molecule has 0 radical (unpaired) electrons. The maximum absolute atomic E-state index is 11.0. The summed E-state index contributed by atoms with van der Waals surface area (Å²) in [6.45, 7) is 0. The van der Waals surface area contributed by atoms with E-state index in [1.807, 2.05) is 6.07 Å². The predicted octanol–water partition coefficient (Wildman–Crippen LogP) is 3.45. The Hall–Kier alpha value is -1.77. The van der Waals surface area contributed by atoms with Gasteiger partial charge in [-0.3, -0.25) is 0 Å². The van der Waals surface area contributed by atoms with Crippen LogP contribution in [-0.4, -0.2) is 15.6 Å². The van der Waals surface area contributed by atoms with Crippen molar-refractivity contribution in [1.29, 1.82) is 0 Å². The van der Waals surface area contributed by atoms with Crippen LogP contribution in [0.4, 0.5) is 0 Å². The largest absolute Gasteiger partial charge is 0.478 e. The van der Waals surface area contributed by atoms with E-state index in [9.17, 15) is 4.79 Å². The van der Waals surface area contributed by atoms with Crippen molar-refractivity contribution in [1.82, 2.24) is 4.57 Å². The highest BCUT2D eigenvalue weighted by atomic mass is 16.4. The van der Waals surface area contributed by atoms with E-state index in [-0.39, 0.29) is 0 Å². The Morgan fingerprint density at radius 1 is 1.24 bits per heavy atom. The molecule has 1 aromatic carbocycles. The normalized spacial score (nSPS) is 16.7. The summed E-state index contributed by atoms with van der Waals surface area (Å²) in [5, 5.41) is 10.2. The van der Waals surface area contributed by atoms with Crippen molar-refractivity contribution in [2.24, 2.45) is 0 Å². The Balaban J connectivity index is 2.11. The minimum Gasteiger partial charge on any atom is -0.478 e. The molecule has 2 aromatic rings. The number of carbonyl (C=O) groups is 1. The topological polar surface area (TPSA) is 42.2 Å². The van der Waals surface area contributed by atoms with E-state index in [1.54, 1.807) is 12.1 Å². The van der Waals surface area contributed by atoms with Crippen molar-refractivity contribution in [2.75, 3.05) is 0 Å². The van der Waals surface area contributed by atoms with E-state index in [4.69, 9.17) is 5.11 Å². The van der Waals surface area contributed by atoms with Gasteiger partial charge in [-0.2, -0.15) is 0 Å². The number of hydrogen-bond donors (Lipinski definition) is 1. The summed E-state index contributed by atoms with van der Waals surface area (Å²) >= 11 is 0. The van der Waals surface area contributed by atoms with Crippen LogP contribution in [0.3, 0.4) is 0 Å². The van der Waals surface area contributed by atoms with Crippen LogP contribution >= 0.6 is 0 Å². The van der Waals surface area contributed by atoms with Gasteiger partial charge in [-0.05, 0) is 36.4 Å². The SMILES string of the molecule is O=C(O)c1ccc2ccn(C3CCCC3)c2c1. The van der Waals surface area contributed by atoms with E-state index in [2.05, 4.69) is 16.8 Å². The molecule has 1 aromatic heterocycles. The Morgan fingerprint density at radius 2 is 2.00 bits per heavy atom. The molecule has 0 aliphatic heterocycles. The predicted molar refractivity (Wildman–Crippen MR) is 66.4 cm³/mol. The summed E-state index contributed by atoms with van der Waals surface area (Å²) in [6, 6.07) is 7.97. The molecule has 0 atom stereocenters. The first-order chi connectivity index (χ1) is 8.25. The van der Waals surface area contributed by atoms with E-state index in [0.717, 1.165) is 10.9 Å². The van der Waals surface area contributed by atoms with E-state index < -0.39 is 5.97 Å². The fraction of sp³-hybridized carbons (Fsp3) is 0.357. The Labute approximate surface area is 99.7 Å². The first kappa shape index (κ1) is 10.4. The summed E-state index contributed by atoms with van der Waals surface area (Å²) in [7, 11) is 0. The van der Waals surface area contributed by atoms with Crippen molar-refractivity contribution < 1.29 is 9.90 Å². The summed E-state index contributed by atoms with van der Waals surface area (Å²) < 4.78 is 2.24. The van der Waals surface area contributed by atoms with Gasteiger partial charge in [-0.25, -0.2) is 4.79 Å². The molecule has 3 rings (SSSR count). The molecule has 1 aliphatic rings. The molecule has 1 fully saturated rings. The Bertz CT molecular complexity index is 565. The molecular weight excluding hydrogens is 214 g/mol. The number of benzene rings is 1. The van der Waals surface area contributed by atoms with Gasteiger partial charge in [0.05, 0.1) is 5.56 Å². The lowest BCUT2D eigenvalue weighted by Gasteiger charge is -2.13. The number of nitrogens with zero attached hydrogens (tertiary/aromatic N) is 1. The van der Waals surface area contributed by atoms with Crippen LogP contribution in [0.15, 0.2) is 30.5 Å². The summed E-state index contributed by atoms with van der Waals surface area (Å²) in [5.41, 5.74) is 1.42. The van der Waals surface area contributed by atoms with Crippen LogP contribution in [-0.2, 0) is 0 Å². The average Bonchev–Trinajstić information content (AvgIpc) is 2.96. The van der Waals surface area contributed by atoms with Crippen LogP contribution in [0.5, 0.6) is 0 Å². The van der Waals surface area contributed by atoms with Gasteiger partial charge >= 0.3 is 5.97 Å². The van der Waals surface area contributed by atoms with Crippen LogP contribution in [0, 0.1) is 0 Å². The van der Waals surface area contributed by atoms with Crippen LogP contribution < -0.4 is 0 Å². The van der Waals surface area contributed by atoms with Gasteiger partial charge in [0, 0.05) is 17.8 Å². The highest BCUT2D eigenvalue weighted by Crippen LogP contribution is 2.32. The number of hydrogen-bond acceptors (Lipinski definition) is 1. The van der Waals surface area contributed by atoms with Gasteiger partial charge in [0.1, 0.15) is 0 Å². The highest BCUT2D eigenvalue weighted by molar-refractivity contribution is 5.93. The van der Waals surface area contributed by atoms with Crippen LogP contribution in [0.1, 0.15) is 42.1 Å². The number of rotatable bonds is 2. The van der Waals surface area contributed by atoms with Gasteiger partial charge in [0.2, 0.25) is 0 Å². The zero-order chi connectivity index (χ0) is 11.8. The zero-order valence-electron chi connectivity index (χ0n) is 9.60. The van der Waals surface area contributed by atoms with Gasteiger partial charge < -0.3 is 9.67 Å². The molecule has 0 amide bonds. The quantitative estimate of drug-likeness (QED) is 0.856. The van der Waals surface area contributed by atoms with Gasteiger partial charge in [0.25, 0.3) is 0 Å². The van der Waals surface area contributed by atoms with E-state index >= 15 is 0 Å². The van der Waals surface area contributed by atoms with Gasteiger partial charge in [-0.15, -0.1) is 0 Å². The summed E-state index contributed by atoms with van der Waals surface area (Å²) in [5.74, 6) is -0.855. The molecule has 0 saturated heterocycles. The number of carboxylic acid groups (broad SMARTS) is 1. The molecule has 3 nitrogen and oxygen atoms in total. The second-order valence-corrected chi connectivity index (χ2v) is 4.74. The van der Waals surface area contributed by atoms with Crippen molar-refractivity contribution >= 4 is 16.9 Å².